The van der Waals surface area contributed by atoms with Gasteiger partial charge >= 0.3 is 0 Å². The van der Waals surface area contributed by atoms with Gasteiger partial charge in [0.05, 0.1) is 33.5 Å². The second kappa shape index (κ2) is 7.64. The normalized spacial score (nSPS) is 14.5. The van der Waals surface area contributed by atoms with Gasteiger partial charge in [-0.25, -0.2) is 4.98 Å². The summed E-state index contributed by atoms with van der Waals surface area (Å²) in [6, 6.07) is 8.20. The van der Waals surface area contributed by atoms with Crippen molar-refractivity contribution in [3.63, 3.8) is 0 Å². The number of carbonyl (C=O) groups excluding carboxylic acids is 1. The summed E-state index contributed by atoms with van der Waals surface area (Å²) in [6.07, 6.45) is 2.04. The number of carbonyl (C=O) groups is 1. The second-order valence-electron chi connectivity index (χ2n) is 9.31. The van der Waals surface area contributed by atoms with E-state index in [2.05, 4.69) is 17.1 Å². The highest BCUT2D eigenvalue weighted by Crippen LogP contribution is 2.45. The molecule has 0 amide bonds. The van der Waals surface area contributed by atoms with E-state index < -0.39 is 11.7 Å². The van der Waals surface area contributed by atoms with E-state index in [9.17, 15) is 4.79 Å². The minimum absolute atomic E-state index is 0.0211. The van der Waals surface area contributed by atoms with Crippen LogP contribution < -0.4 is 4.74 Å². The molecule has 0 saturated heterocycles. The van der Waals surface area contributed by atoms with E-state index in [1.54, 1.807) is 18.3 Å². The van der Waals surface area contributed by atoms with Gasteiger partial charge in [0.25, 0.3) is 0 Å². The topological polar surface area (TPSA) is 61.3 Å². The number of thiazole rings is 1. The van der Waals surface area contributed by atoms with Crippen molar-refractivity contribution in [3.05, 3.63) is 52.7 Å². The molecule has 0 spiro atoms. The van der Waals surface area contributed by atoms with Crippen LogP contribution in [-0.4, -0.2) is 28.0 Å². The monoisotopic (exact) mass is 446 g/mol. The molecule has 0 unspecified atom stereocenters. The number of rotatable bonds is 4. The van der Waals surface area contributed by atoms with Crippen LogP contribution in [-0.2, 0) is 16.0 Å². The molecule has 0 N–H and O–H groups in total. The number of ether oxygens (including phenoxy) is 2. The number of hydrogen-bond donors (Lipinski definition) is 0. The molecule has 0 aliphatic carbocycles. The van der Waals surface area contributed by atoms with E-state index in [1.807, 2.05) is 51.5 Å². The zero-order chi connectivity index (χ0) is 22.6. The van der Waals surface area contributed by atoms with Gasteiger partial charge in [-0.1, -0.05) is 0 Å². The first-order valence-electron chi connectivity index (χ1n) is 10.8. The molecule has 32 heavy (non-hydrogen) atoms. The van der Waals surface area contributed by atoms with Gasteiger partial charge in [-0.3, -0.25) is 9.78 Å². The van der Waals surface area contributed by atoms with Crippen LogP contribution in [0.3, 0.4) is 0 Å². The molecule has 2 aromatic carbocycles. The molecule has 2 aromatic heterocycles. The highest BCUT2D eigenvalue weighted by Gasteiger charge is 2.31. The largest absolute Gasteiger partial charge is 0.493 e. The maximum Gasteiger partial charge on any atom is 0.163 e. The highest BCUT2D eigenvalue weighted by molar-refractivity contribution is 7.17. The van der Waals surface area contributed by atoms with E-state index in [0.29, 0.717) is 6.61 Å². The Labute approximate surface area is 191 Å². The van der Waals surface area contributed by atoms with Crippen molar-refractivity contribution in [2.75, 3.05) is 6.61 Å². The third kappa shape index (κ3) is 3.48. The lowest BCUT2D eigenvalue weighted by atomic mass is 9.88. The average molecular weight is 447 g/mol. The standard InChI is InChI=1S/C26H26N2O3S/c1-14-12-18-25(32-13-28-18)22(20(14)24(15(2)29)31-26(3,4)5)17-6-7-19-21-16(9-11-30-19)8-10-27-23(17)21/h6-8,10,12-13,24H,9,11H2,1-5H3/t24-/m1/s1. The predicted molar refractivity (Wildman–Crippen MR) is 129 cm³/mol. The third-order valence-corrected chi connectivity index (χ3v) is 6.67. The Morgan fingerprint density at radius 3 is 2.78 bits per heavy atom. The number of Topliss-reactive ketones (excluding diaryl/α,β-unsaturated/α-hetero) is 1. The Morgan fingerprint density at radius 1 is 1.22 bits per heavy atom. The summed E-state index contributed by atoms with van der Waals surface area (Å²) < 4.78 is 13.3. The van der Waals surface area contributed by atoms with Gasteiger partial charge in [0.2, 0.25) is 0 Å². The lowest BCUT2D eigenvalue weighted by molar-refractivity contribution is -0.138. The van der Waals surface area contributed by atoms with E-state index in [-0.39, 0.29) is 5.78 Å². The highest BCUT2D eigenvalue weighted by atomic mass is 32.1. The average Bonchev–Trinajstić information content (AvgIpc) is 3.19. The van der Waals surface area contributed by atoms with Gasteiger partial charge in [0.1, 0.15) is 11.9 Å². The minimum atomic E-state index is -0.682. The molecule has 6 heteroatoms. The zero-order valence-corrected chi connectivity index (χ0v) is 19.8. The first-order valence-corrected chi connectivity index (χ1v) is 11.7. The summed E-state index contributed by atoms with van der Waals surface area (Å²) in [4.78, 5) is 22.2. The minimum Gasteiger partial charge on any atom is -0.493 e. The van der Waals surface area contributed by atoms with Crippen molar-refractivity contribution >= 4 is 38.2 Å². The lowest BCUT2D eigenvalue weighted by Gasteiger charge is -2.29. The van der Waals surface area contributed by atoms with E-state index >= 15 is 0 Å². The number of ketones is 1. The molecule has 1 aliphatic heterocycles. The molecule has 3 heterocycles. The van der Waals surface area contributed by atoms with Crippen molar-refractivity contribution in [1.82, 2.24) is 9.97 Å². The fourth-order valence-electron chi connectivity index (χ4n) is 4.55. The molecule has 164 valence electrons. The molecular formula is C26H26N2O3S. The predicted octanol–water partition coefficient (Wildman–Crippen LogP) is 6.20. The lowest BCUT2D eigenvalue weighted by Crippen LogP contribution is -2.27. The molecule has 0 fully saturated rings. The second-order valence-corrected chi connectivity index (χ2v) is 10.2. The number of aryl methyl sites for hydroxylation is 1. The van der Waals surface area contributed by atoms with Crippen LogP contribution in [0, 0.1) is 6.92 Å². The zero-order valence-electron chi connectivity index (χ0n) is 19.0. The number of hydrogen-bond acceptors (Lipinski definition) is 6. The molecule has 0 saturated carbocycles. The molecular weight excluding hydrogens is 420 g/mol. The smallest absolute Gasteiger partial charge is 0.163 e. The van der Waals surface area contributed by atoms with E-state index in [0.717, 1.165) is 55.5 Å². The Kier molecular flexibility index (Phi) is 5.02. The van der Waals surface area contributed by atoms with Crippen molar-refractivity contribution < 1.29 is 14.3 Å². The summed E-state index contributed by atoms with van der Waals surface area (Å²) in [7, 11) is 0. The molecule has 0 radical (unpaired) electrons. The summed E-state index contributed by atoms with van der Waals surface area (Å²) in [5.41, 5.74) is 8.26. The molecule has 1 aliphatic rings. The third-order valence-electron chi connectivity index (χ3n) is 5.81. The van der Waals surface area contributed by atoms with Gasteiger partial charge in [-0.15, -0.1) is 11.3 Å². The van der Waals surface area contributed by atoms with Crippen LogP contribution in [0.1, 0.15) is 50.5 Å². The van der Waals surface area contributed by atoms with E-state index in [1.165, 1.54) is 5.56 Å². The van der Waals surface area contributed by atoms with Crippen LogP contribution in [0.5, 0.6) is 5.75 Å². The Balaban J connectivity index is 1.88. The Bertz CT molecular complexity index is 1360. The van der Waals surface area contributed by atoms with Crippen LogP contribution in [0.25, 0.3) is 32.2 Å². The van der Waals surface area contributed by atoms with Crippen molar-refractivity contribution in [2.24, 2.45) is 0 Å². The number of fused-ring (bicyclic) bond motifs is 1. The van der Waals surface area contributed by atoms with Crippen molar-refractivity contribution in [1.29, 1.82) is 0 Å². The molecule has 1 atom stereocenters. The number of benzene rings is 2. The summed E-state index contributed by atoms with van der Waals surface area (Å²) >= 11 is 1.58. The molecule has 5 nitrogen and oxygen atoms in total. The number of pyridine rings is 1. The Hall–Kier alpha value is -2.83. The summed E-state index contributed by atoms with van der Waals surface area (Å²) in [5, 5.41) is 1.05. The first-order chi connectivity index (χ1) is 15.2. The quantitative estimate of drug-likeness (QED) is 0.373. The van der Waals surface area contributed by atoms with Crippen LogP contribution in [0.2, 0.25) is 0 Å². The fourth-order valence-corrected chi connectivity index (χ4v) is 5.40. The maximum atomic E-state index is 12.9. The SMILES string of the molecule is CC(=O)[C@@H](OC(C)(C)C)c1c(C)cc2ncsc2c1-c1ccc2c3c(ccnc13)CCO2. The van der Waals surface area contributed by atoms with E-state index in [4.69, 9.17) is 14.5 Å². The van der Waals surface area contributed by atoms with Gasteiger partial charge in [0, 0.05) is 34.7 Å². The van der Waals surface area contributed by atoms with Gasteiger partial charge < -0.3 is 9.47 Å². The number of aromatic nitrogens is 2. The van der Waals surface area contributed by atoms with Gasteiger partial charge in [0.15, 0.2) is 5.78 Å². The van der Waals surface area contributed by atoms with Gasteiger partial charge in [-0.05, 0) is 70.0 Å². The molecule has 4 aromatic rings. The molecule has 5 rings (SSSR count). The van der Waals surface area contributed by atoms with Crippen LogP contribution in [0.4, 0.5) is 0 Å². The van der Waals surface area contributed by atoms with Crippen LogP contribution >= 0.6 is 11.3 Å². The number of nitrogens with zero attached hydrogens (tertiary/aromatic N) is 2. The fraction of sp³-hybridized carbons (Fsp3) is 0.346. The van der Waals surface area contributed by atoms with Gasteiger partial charge in [-0.2, -0.15) is 0 Å². The van der Waals surface area contributed by atoms with Crippen LogP contribution in [0.15, 0.2) is 36.0 Å². The summed E-state index contributed by atoms with van der Waals surface area (Å²) in [6.45, 7) is 10.2. The molecule has 0 bridgehead atoms. The first kappa shape index (κ1) is 21.0. The van der Waals surface area contributed by atoms with Crippen molar-refractivity contribution in [3.8, 4) is 16.9 Å². The summed E-state index contributed by atoms with van der Waals surface area (Å²) in [5.74, 6) is 0.842. The van der Waals surface area contributed by atoms with Crippen molar-refractivity contribution in [2.45, 2.75) is 52.7 Å². The maximum absolute atomic E-state index is 12.9. The Morgan fingerprint density at radius 2 is 2.03 bits per heavy atom.